The highest BCUT2D eigenvalue weighted by molar-refractivity contribution is 5.75. The fourth-order valence-corrected chi connectivity index (χ4v) is 3.74. The van der Waals surface area contributed by atoms with Crippen LogP contribution in [0, 0.1) is 0 Å². The second-order valence-corrected chi connectivity index (χ2v) is 8.58. The summed E-state index contributed by atoms with van der Waals surface area (Å²) in [5.41, 5.74) is 0. The van der Waals surface area contributed by atoms with Crippen LogP contribution in [-0.4, -0.2) is 24.4 Å². The minimum Gasteiger partial charge on any atom is -0.346 e. The average molecular weight is 382 g/mol. The van der Waals surface area contributed by atoms with Crippen LogP contribution in [0.2, 0.25) is 0 Å². The van der Waals surface area contributed by atoms with Crippen molar-refractivity contribution in [2.45, 2.75) is 142 Å². The van der Waals surface area contributed by atoms with Crippen LogP contribution in [0.1, 0.15) is 142 Å². The first-order valence-electron chi connectivity index (χ1n) is 12.5. The third-order valence-corrected chi connectivity index (χ3v) is 5.77. The zero-order valence-corrected chi connectivity index (χ0v) is 19.2. The van der Waals surface area contributed by atoms with Crippen molar-refractivity contribution in [1.82, 2.24) is 4.90 Å². The molecule has 2 heteroatoms. The van der Waals surface area contributed by atoms with Crippen LogP contribution in [0.3, 0.4) is 0 Å². The van der Waals surface area contributed by atoms with Gasteiger partial charge in [0.1, 0.15) is 0 Å². The highest BCUT2D eigenvalue weighted by Gasteiger charge is 2.07. The summed E-state index contributed by atoms with van der Waals surface area (Å²) >= 11 is 0. The predicted octanol–water partition coefficient (Wildman–Crippen LogP) is 8.29. The lowest BCUT2D eigenvalue weighted by atomic mass is 10.1. The molecule has 0 unspecified atom stereocenters. The molecule has 0 N–H and O–H groups in total. The van der Waals surface area contributed by atoms with E-state index in [-0.39, 0.29) is 0 Å². The lowest BCUT2D eigenvalue weighted by Crippen LogP contribution is -2.27. The van der Waals surface area contributed by atoms with Crippen LogP contribution in [0.4, 0.5) is 0 Å². The van der Waals surface area contributed by atoms with E-state index >= 15 is 0 Å². The van der Waals surface area contributed by atoms with Gasteiger partial charge in [-0.25, -0.2) is 0 Å². The van der Waals surface area contributed by atoms with Crippen LogP contribution in [-0.2, 0) is 4.79 Å². The van der Waals surface area contributed by atoms with Crippen LogP contribution in [0.5, 0.6) is 0 Å². The van der Waals surface area contributed by atoms with Crippen LogP contribution >= 0.6 is 0 Å². The van der Waals surface area contributed by atoms with Gasteiger partial charge in [-0.15, -0.1) is 0 Å². The van der Waals surface area contributed by atoms with Crippen molar-refractivity contribution in [2.75, 3.05) is 13.6 Å². The number of amides is 1. The SMILES string of the molecule is CCCCCCCCCCCCN(C)C(=O)CCCCCCCCCCC. The van der Waals surface area contributed by atoms with Crippen molar-refractivity contribution in [2.24, 2.45) is 0 Å². The maximum Gasteiger partial charge on any atom is 0.222 e. The van der Waals surface area contributed by atoms with Gasteiger partial charge in [-0.05, 0) is 12.8 Å². The fourth-order valence-electron chi connectivity index (χ4n) is 3.74. The van der Waals surface area contributed by atoms with Gasteiger partial charge in [0.15, 0.2) is 0 Å². The third-order valence-electron chi connectivity index (χ3n) is 5.77. The molecule has 0 aromatic heterocycles. The topological polar surface area (TPSA) is 20.3 Å². The number of unbranched alkanes of at least 4 members (excludes halogenated alkanes) is 17. The van der Waals surface area contributed by atoms with Crippen LogP contribution in [0.25, 0.3) is 0 Å². The van der Waals surface area contributed by atoms with Gasteiger partial charge in [-0.2, -0.15) is 0 Å². The molecule has 0 fully saturated rings. The van der Waals surface area contributed by atoms with Gasteiger partial charge in [0.05, 0.1) is 0 Å². The van der Waals surface area contributed by atoms with Crippen LogP contribution in [0.15, 0.2) is 0 Å². The lowest BCUT2D eigenvalue weighted by Gasteiger charge is -2.17. The smallest absolute Gasteiger partial charge is 0.222 e. The molecule has 2 nitrogen and oxygen atoms in total. The Kier molecular flexibility index (Phi) is 21.3. The number of hydrogen-bond donors (Lipinski definition) is 0. The van der Waals surface area contributed by atoms with Crippen molar-refractivity contribution in [3.63, 3.8) is 0 Å². The van der Waals surface area contributed by atoms with Gasteiger partial charge in [-0.3, -0.25) is 4.79 Å². The van der Waals surface area contributed by atoms with Gasteiger partial charge in [0, 0.05) is 20.0 Å². The van der Waals surface area contributed by atoms with E-state index < -0.39 is 0 Å². The largest absolute Gasteiger partial charge is 0.346 e. The van der Waals surface area contributed by atoms with E-state index in [0.717, 1.165) is 19.4 Å². The summed E-state index contributed by atoms with van der Waals surface area (Å²) in [5, 5.41) is 0. The molecule has 0 rings (SSSR count). The Morgan fingerprint density at radius 1 is 0.519 bits per heavy atom. The molecule has 0 aromatic rings. The monoisotopic (exact) mass is 381 g/mol. The molecular formula is C25H51NO. The van der Waals surface area contributed by atoms with Crippen LogP contribution < -0.4 is 0 Å². The minimum absolute atomic E-state index is 0.355. The first-order valence-corrected chi connectivity index (χ1v) is 12.5. The predicted molar refractivity (Wildman–Crippen MR) is 121 cm³/mol. The Morgan fingerprint density at radius 3 is 1.26 bits per heavy atom. The second-order valence-electron chi connectivity index (χ2n) is 8.58. The first-order chi connectivity index (χ1) is 13.2. The molecule has 0 saturated heterocycles. The number of nitrogens with zero attached hydrogens (tertiary/aromatic N) is 1. The summed E-state index contributed by atoms with van der Waals surface area (Å²) in [7, 11) is 1.99. The van der Waals surface area contributed by atoms with E-state index in [1.165, 1.54) is 116 Å². The Balaban J connectivity index is 3.32. The molecule has 0 atom stereocenters. The van der Waals surface area contributed by atoms with Gasteiger partial charge >= 0.3 is 0 Å². The van der Waals surface area contributed by atoms with Gasteiger partial charge in [-0.1, -0.05) is 123 Å². The Hall–Kier alpha value is -0.530. The number of carbonyl (C=O) groups excluding carboxylic acids is 1. The van der Waals surface area contributed by atoms with E-state index in [0.29, 0.717) is 5.91 Å². The fraction of sp³-hybridized carbons (Fsp3) is 0.960. The molecule has 1 amide bonds. The second kappa shape index (κ2) is 21.8. The summed E-state index contributed by atoms with van der Waals surface area (Å²) < 4.78 is 0. The zero-order valence-electron chi connectivity index (χ0n) is 19.2. The molecule has 0 heterocycles. The van der Waals surface area contributed by atoms with Crippen molar-refractivity contribution in [3.05, 3.63) is 0 Å². The number of hydrogen-bond acceptors (Lipinski definition) is 1. The molecule has 0 aliphatic rings. The maximum absolute atomic E-state index is 12.2. The molecular weight excluding hydrogens is 330 g/mol. The van der Waals surface area contributed by atoms with E-state index in [1.54, 1.807) is 0 Å². The number of carbonyl (C=O) groups is 1. The number of rotatable bonds is 21. The lowest BCUT2D eigenvalue weighted by molar-refractivity contribution is -0.130. The molecule has 0 aliphatic carbocycles. The van der Waals surface area contributed by atoms with Gasteiger partial charge < -0.3 is 4.90 Å². The molecule has 27 heavy (non-hydrogen) atoms. The zero-order chi connectivity index (χ0) is 20.0. The summed E-state index contributed by atoms with van der Waals surface area (Å²) in [5.74, 6) is 0.355. The molecule has 0 aliphatic heterocycles. The summed E-state index contributed by atoms with van der Waals surface area (Å²) in [6.45, 7) is 5.50. The van der Waals surface area contributed by atoms with E-state index in [1.807, 2.05) is 11.9 Å². The highest BCUT2D eigenvalue weighted by Crippen LogP contribution is 2.12. The quantitative estimate of drug-likeness (QED) is 0.183. The molecule has 0 bridgehead atoms. The van der Waals surface area contributed by atoms with Gasteiger partial charge in [0.25, 0.3) is 0 Å². The summed E-state index contributed by atoms with van der Waals surface area (Å²) in [6, 6.07) is 0. The third kappa shape index (κ3) is 20.0. The molecule has 0 spiro atoms. The van der Waals surface area contributed by atoms with Gasteiger partial charge in [0.2, 0.25) is 5.91 Å². The molecule has 0 radical (unpaired) electrons. The molecule has 0 aromatic carbocycles. The van der Waals surface area contributed by atoms with Crippen molar-refractivity contribution >= 4 is 5.91 Å². The maximum atomic E-state index is 12.2. The Bertz CT molecular complexity index is 303. The Labute approximate surface area is 171 Å². The highest BCUT2D eigenvalue weighted by atomic mass is 16.2. The molecule has 0 saturated carbocycles. The molecule has 162 valence electrons. The first kappa shape index (κ1) is 26.5. The van der Waals surface area contributed by atoms with E-state index in [2.05, 4.69) is 13.8 Å². The summed E-state index contributed by atoms with van der Waals surface area (Å²) in [4.78, 5) is 14.1. The average Bonchev–Trinajstić information content (AvgIpc) is 2.67. The Morgan fingerprint density at radius 2 is 0.852 bits per heavy atom. The minimum atomic E-state index is 0.355. The van der Waals surface area contributed by atoms with E-state index in [4.69, 9.17) is 0 Å². The van der Waals surface area contributed by atoms with E-state index in [9.17, 15) is 4.79 Å². The van der Waals surface area contributed by atoms with Crippen molar-refractivity contribution in [1.29, 1.82) is 0 Å². The normalized spacial score (nSPS) is 11.1. The standard InChI is InChI=1S/C25H51NO/c1-4-6-8-10-12-14-16-18-20-22-24-26(3)25(27)23-21-19-17-15-13-11-9-7-5-2/h4-24H2,1-3H3. The van der Waals surface area contributed by atoms with Crippen molar-refractivity contribution in [3.8, 4) is 0 Å². The summed E-state index contributed by atoms with van der Waals surface area (Å²) in [6.07, 6.45) is 26.2. The van der Waals surface area contributed by atoms with Crippen molar-refractivity contribution < 1.29 is 4.79 Å².